The van der Waals surface area contributed by atoms with Crippen molar-refractivity contribution in [3.05, 3.63) is 33.2 Å². The van der Waals surface area contributed by atoms with Crippen molar-refractivity contribution in [3.8, 4) is 5.75 Å². The van der Waals surface area contributed by atoms with Crippen LogP contribution in [0.5, 0.6) is 5.75 Å². The van der Waals surface area contributed by atoms with Crippen LogP contribution in [0.2, 0.25) is 5.02 Å². The SMILES string of the molecule is COc1cc(Cl)c(C)cc1Nc1nc(SC)nc2sc3c(c12)CCCC3. The van der Waals surface area contributed by atoms with Gasteiger partial charge in [0.2, 0.25) is 0 Å². The summed E-state index contributed by atoms with van der Waals surface area (Å²) in [6.07, 6.45) is 6.74. The number of rotatable bonds is 4. The lowest BCUT2D eigenvalue weighted by atomic mass is 9.97. The minimum atomic E-state index is 0.693. The summed E-state index contributed by atoms with van der Waals surface area (Å²) >= 11 is 9.63. The predicted octanol–water partition coefficient (Wildman–Crippen LogP) is 6.01. The fourth-order valence-corrected chi connectivity index (χ4v) is 5.21. The molecule has 0 atom stereocenters. The summed E-state index contributed by atoms with van der Waals surface area (Å²) in [5.74, 6) is 1.57. The Morgan fingerprint density at radius 2 is 2.04 bits per heavy atom. The highest BCUT2D eigenvalue weighted by molar-refractivity contribution is 7.98. The monoisotopic (exact) mass is 405 g/mol. The molecule has 0 unspecified atom stereocenters. The van der Waals surface area contributed by atoms with Crippen molar-refractivity contribution in [3.63, 3.8) is 0 Å². The molecule has 0 saturated heterocycles. The summed E-state index contributed by atoms with van der Waals surface area (Å²) in [7, 11) is 1.65. The lowest BCUT2D eigenvalue weighted by molar-refractivity contribution is 0.416. The minimum Gasteiger partial charge on any atom is -0.495 e. The van der Waals surface area contributed by atoms with Crippen molar-refractivity contribution in [2.24, 2.45) is 0 Å². The molecule has 1 aliphatic carbocycles. The molecule has 1 N–H and O–H groups in total. The molecule has 2 aromatic heterocycles. The van der Waals surface area contributed by atoms with Gasteiger partial charge in [-0.3, -0.25) is 0 Å². The van der Waals surface area contributed by atoms with E-state index >= 15 is 0 Å². The Morgan fingerprint density at radius 1 is 1.23 bits per heavy atom. The maximum absolute atomic E-state index is 6.25. The van der Waals surface area contributed by atoms with Crippen molar-refractivity contribution in [2.45, 2.75) is 37.8 Å². The molecule has 0 aliphatic heterocycles. The molecule has 136 valence electrons. The maximum Gasteiger partial charge on any atom is 0.190 e. The van der Waals surface area contributed by atoms with Crippen molar-refractivity contribution >= 4 is 56.4 Å². The number of aryl methyl sites for hydroxylation is 3. The number of methoxy groups -OCH3 is 1. The number of thioether (sulfide) groups is 1. The topological polar surface area (TPSA) is 47.0 Å². The lowest BCUT2D eigenvalue weighted by Gasteiger charge is -2.15. The zero-order valence-electron chi connectivity index (χ0n) is 15.0. The molecule has 0 saturated carbocycles. The number of benzene rings is 1. The standard InChI is InChI=1S/C19H20ClN3OS2/c1-10-8-13(14(24-2)9-12(10)20)21-17-16-11-6-4-5-7-15(11)26-18(16)23-19(22-17)25-3/h8-9H,4-7H2,1-3H3,(H,21,22,23). The maximum atomic E-state index is 6.25. The van der Waals surface area contributed by atoms with Crippen molar-refractivity contribution < 1.29 is 4.74 Å². The van der Waals surface area contributed by atoms with Gasteiger partial charge in [0, 0.05) is 16.0 Å². The number of nitrogens with zero attached hydrogens (tertiary/aromatic N) is 2. The van der Waals surface area contributed by atoms with Gasteiger partial charge in [0.1, 0.15) is 16.4 Å². The van der Waals surface area contributed by atoms with E-state index in [1.165, 1.54) is 23.3 Å². The second-order valence-electron chi connectivity index (χ2n) is 6.38. The largest absolute Gasteiger partial charge is 0.495 e. The predicted molar refractivity (Wildman–Crippen MR) is 112 cm³/mol. The Bertz CT molecular complexity index is 987. The van der Waals surface area contributed by atoms with Gasteiger partial charge < -0.3 is 10.1 Å². The van der Waals surface area contributed by atoms with E-state index in [1.807, 2.05) is 36.6 Å². The number of aromatic nitrogens is 2. The first-order chi connectivity index (χ1) is 12.6. The molecule has 0 fully saturated rings. The van der Waals surface area contributed by atoms with Crippen LogP contribution in [-0.4, -0.2) is 23.3 Å². The lowest BCUT2D eigenvalue weighted by Crippen LogP contribution is -2.03. The Hall–Kier alpha value is -1.50. The summed E-state index contributed by atoms with van der Waals surface area (Å²) in [4.78, 5) is 12.1. The van der Waals surface area contributed by atoms with Gasteiger partial charge in [0.15, 0.2) is 5.16 Å². The zero-order valence-corrected chi connectivity index (χ0v) is 17.4. The molecule has 2 heterocycles. The van der Waals surface area contributed by atoms with Crippen LogP contribution < -0.4 is 10.1 Å². The first-order valence-corrected chi connectivity index (χ1v) is 11.0. The number of ether oxygens (including phenoxy) is 1. The highest BCUT2D eigenvalue weighted by Gasteiger charge is 2.22. The van der Waals surface area contributed by atoms with Crippen LogP contribution in [0.4, 0.5) is 11.5 Å². The number of anilines is 2. The third-order valence-corrected chi connectivity index (χ3v) is 6.85. The average molecular weight is 406 g/mol. The van der Waals surface area contributed by atoms with E-state index in [2.05, 4.69) is 5.32 Å². The van der Waals surface area contributed by atoms with Gasteiger partial charge in [0.05, 0.1) is 18.2 Å². The van der Waals surface area contributed by atoms with Gasteiger partial charge in [0.25, 0.3) is 0 Å². The van der Waals surface area contributed by atoms with Gasteiger partial charge in [-0.15, -0.1) is 11.3 Å². The fraction of sp³-hybridized carbons (Fsp3) is 0.368. The molecule has 0 spiro atoms. The minimum absolute atomic E-state index is 0.693. The summed E-state index contributed by atoms with van der Waals surface area (Å²) < 4.78 is 5.52. The summed E-state index contributed by atoms with van der Waals surface area (Å²) in [6.45, 7) is 1.99. The van der Waals surface area contributed by atoms with E-state index in [0.717, 1.165) is 45.3 Å². The first-order valence-electron chi connectivity index (χ1n) is 8.58. The van der Waals surface area contributed by atoms with Crippen molar-refractivity contribution in [1.29, 1.82) is 0 Å². The molecule has 0 bridgehead atoms. The van der Waals surface area contributed by atoms with E-state index in [-0.39, 0.29) is 0 Å². The molecule has 4 nitrogen and oxygen atoms in total. The third kappa shape index (κ3) is 3.15. The molecule has 0 amide bonds. The van der Waals surface area contributed by atoms with Gasteiger partial charge >= 0.3 is 0 Å². The van der Waals surface area contributed by atoms with E-state index in [1.54, 1.807) is 18.9 Å². The van der Waals surface area contributed by atoms with Gasteiger partial charge in [-0.25, -0.2) is 9.97 Å². The van der Waals surface area contributed by atoms with E-state index in [0.29, 0.717) is 10.8 Å². The Balaban J connectivity index is 1.88. The van der Waals surface area contributed by atoms with Gasteiger partial charge in [-0.05, 0) is 56.1 Å². The molecule has 3 aromatic rings. The molecule has 0 radical (unpaired) electrons. The normalized spacial score (nSPS) is 13.7. The zero-order chi connectivity index (χ0) is 18.3. The second kappa shape index (κ2) is 7.25. The Labute approximate surface area is 166 Å². The molecular formula is C19H20ClN3OS2. The summed E-state index contributed by atoms with van der Waals surface area (Å²) in [5.41, 5.74) is 3.28. The number of hydrogen-bond acceptors (Lipinski definition) is 6. The van der Waals surface area contributed by atoms with E-state index < -0.39 is 0 Å². The van der Waals surface area contributed by atoms with Crippen molar-refractivity contribution in [2.75, 3.05) is 18.7 Å². The number of fused-ring (bicyclic) bond motifs is 3. The Kier molecular flexibility index (Phi) is 4.99. The van der Waals surface area contributed by atoms with Crippen molar-refractivity contribution in [1.82, 2.24) is 9.97 Å². The molecule has 1 aromatic carbocycles. The van der Waals surface area contributed by atoms with Crippen LogP contribution in [0.15, 0.2) is 17.3 Å². The molecule has 26 heavy (non-hydrogen) atoms. The number of thiophene rings is 1. The van der Waals surface area contributed by atoms with Crippen LogP contribution in [0.25, 0.3) is 10.2 Å². The Morgan fingerprint density at radius 3 is 2.81 bits per heavy atom. The number of nitrogens with one attached hydrogen (secondary N) is 1. The van der Waals surface area contributed by atoms with Gasteiger partial charge in [-0.2, -0.15) is 0 Å². The van der Waals surface area contributed by atoms with Crippen LogP contribution in [0.1, 0.15) is 28.8 Å². The summed E-state index contributed by atoms with van der Waals surface area (Å²) in [6, 6.07) is 3.85. The van der Waals surface area contributed by atoms with Crippen LogP contribution in [0, 0.1) is 6.92 Å². The number of hydrogen-bond donors (Lipinski definition) is 1. The highest BCUT2D eigenvalue weighted by Crippen LogP contribution is 2.41. The van der Waals surface area contributed by atoms with E-state index in [9.17, 15) is 0 Å². The fourth-order valence-electron chi connectivity index (χ4n) is 3.38. The smallest absolute Gasteiger partial charge is 0.190 e. The van der Waals surface area contributed by atoms with Crippen LogP contribution in [-0.2, 0) is 12.8 Å². The third-order valence-electron chi connectivity index (χ3n) is 4.71. The van der Waals surface area contributed by atoms with E-state index in [4.69, 9.17) is 26.3 Å². The van der Waals surface area contributed by atoms with Crippen LogP contribution in [0.3, 0.4) is 0 Å². The summed E-state index contributed by atoms with van der Waals surface area (Å²) in [5, 5.41) is 6.14. The average Bonchev–Trinajstić information content (AvgIpc) is 3.02. The second-order valence-corrected chi connectivity index (χ2v) is 8.64. The molecule has 1 aliphatic rings. The first kappa shape index (κ1) is 17.9. The van der Waals surface area contributed by atoms with Gasteiger partial charge in [-0.1, -0.05) is 23.4 Å². The highest BCUT2D eigenvalue weighted by atomic mass is 35.5. The van der Waals surface area contributed by atoms with Crippen LogP contribution >= 0.6 is 34.7 Å². The quantitative estimate of drug-likeness (QED) is 0.425. The molecule has 4 rings (SSSR count). The molecule has 7 heteroatoms. The molecular weight excluding hydrogens is 386 g/mol. The number of halogens is 1.